The van der Waals surface area contributed by atoms with Crippen LogP contribution in [0.1, 0.15) is 34.5 Å². The third kappa shape index (κ3) is 4.00. The van der Waals surface area contributed by atoms with Crippen LogP contribution < -0.4 is 15.4 Å². The molecule has 3 aromatic rings. The predicted octanol–water partition coefficient (Wildman–Crippen LogP) is 3.83. The summed E-state index contributed by atoms with van der Waals surface area (Å²) in [7, 11) is 0. The van der Waals surface area contributed by atoms with Crippen molar-refractivity contribution in [2.75, 3.05) is 17.2 Å². The number of aliphatic carboxylic acids is 1. The zero-order chi connectivity index (χ0) is 22.0. The molecule has 0 aliphatic carbocycles. The van der Waals surface area contributed by atoms with Crippen LogP contribution in [0.5, 0.6) is 5.75 Å². The zero-order valence-electron chi connectivity index (χ0n) is 17.1. The van der Waals surface area contributed by atoms with E-state index < -0.39 is 12.0 Å². The standard InChI is InChI=1S/C23H22N4O4/c1-3-31-20-7-5-4-6-16(20)19-12-18(23(29)30)26-21-17(13-24-27(19)21)22(28)25-15-10-8-14(2)9-11-15/h4-13,19,26H,3H2,1-2H3,(H,25,28)(H,29,30)/t19-/m1/s1. The highest BCUT2D eigenvalue weighted by molar-refractivity contribution is 6.08. The Hall–Kier alpha value is -4.07. The number of carboxylic acids is 1. The van der Waals surface area contributed by atoms with E-state index in [4.69, 9.17) is 4.74 Å². The van der Waals surface area contributed by atoms with Crippen molar-refractivity contribution in [2.45, 2.75) is 19.9 Å². The topological polar surface area (TPSA) is 105 Å². The maximum Gasteiger partial charge on any atom is 0.352 e. The molecule has 2 aromatic carbocycles. The summed E-state index contributed by atoms with van der Waals surface area (Å²) >= 11 is 0. The van der Waals surface area contributed by atoms with Crippen molar-refractivity contribution in [1.82, 2.24) is 9.78 Å². The fraction of sp³-hybridized carbons (Fsp3) is 0.174. The molecule has 2 heterocycles. The Morgan fingerprint density at radius 1 is 1.19 bits per heavy atom. The van der Waals surface area contributed by atoms with E-state index >= 15 is 0 Å². The number of carboxylic acid groups (broad SMARTS) is 1. The Morgan fingerprint density at radius 3 is 2.65 bits per heavy atom. The van der Waals surface area contributed by atoms with Gasteiger partial charge < -0.3 is 20.5 Å². The summed E-state index contributed by atoms with van der Waals surface area (Å²) in [6.45, 7) is 4.31. The molecular formula is C23H22N4O4. The second-order valence-electron chi connectivity index (χ2n) is 7.10. The highest BCUT2D eigenvalue weighted by Gasteiger charge is 2.30. The normalized spacial score (nSPS) is 14.8. The molecule has 0 spiro atoms. The summed E-state index contributed by atoms with van der Waals surface area (Å²) in [6.07, 6.45) is 2.99. The van der Waals surface area contributed by atoms with Crippen molar-refractivity contribution in [2.24, 2.45) is 0 Å². The summed E-state index contributed by atoms with van der Waals surface area (Å²) in [5.74, 6) is -0.580. The molecule has 8 heteroatoms. The van der Waals surface area contributed by atoms with E-state index in [9.17, 15) is 14.7 Å². The van der Waals surface area contributed by atoms with Crippen LogP contribution in [0.15, 0.2) is 66.5 Å². The highest BCUT2D eigenvalue weighted by atomic mass is 16.5. The molecule has 158 valence electrons. The number of carbonyl (C=O) groups is 2. The Balaban J connectivity index is 1.73. The van der Waals surface area contributed by atoms with Gasteiger partial charge in [-0.15, -0.1) is 0 Å². The Bertz CT molecular complexity index is 1160. The quantitative estimate of drug-likeness (QED) is 0.562. The molecule has 1 aromatic heterocycles. The average Bonchev–Trinajstić information content (AvgIpc) is 3.19. The summed E-state index contributed by atoms with van der Waals surface area (Å²) in [5.41, 5.74) is 2.67. The first-order valence-corrected chi connectivity index (χ1v) is 9.87. The van der Waals surface area contributed by atoms with Gasteiger partial charge in [-0.1, -0.05) is 35.9 Å². The van der Waals surface area contributed by atoms with Gasteiger partial charge in [-0.25, -0.2) is 9.48 Å². The molecule has 1 atom stereocenters. The summed E-state index contributed by atoms with van der Waals surface area (Å²) < 4.78 is 7.32. The number of carbonyl (C=O) groups excluding carboxylic acids is 1. The Kier molecular flexibility index (Phi) is 5.44. The zero-order valence-corrected chi connectivity index (χ0v) is 17.1. The molecule has 3 N–H and O–H groups in total. The smallest absolute Gasteiger partial charge is 0.352 e. The molecule has 1 amide bonds. The number of aryl methyl sites for hydroxylation is 1. The van der Waals surface area contributed by atoms with E-state index in [2.05, 4.69) is 15.7 Å². The van der Waals surface area contributed by atoms with E-state index in [-0.39, 0.29) is 17.2 Å². The van der Waals surface area contributed by atoms with Crippen molar-refractivity contribution >= 4 is 23.4 Å². The van der Waals surface area contributed by atoms with Crippen LogP contribution >= 0.6 is 0 Å². The van der Waals surface area contributed by atoms with Crippen molar-refractivity contribution < 1.29 is 19.4 Å². The SMILES string of the molecule is CCOc1ccccc1[C@H]1C=C(C(=O)O)Nc2c(C(=O)Nc3ccc(C)cc3)cnn21. The second-order valence-corrected chi connectivity index (χ2v) is 7.10. The van der Waals surface area contributed by atoms with Gasteiger partial charge in [0.15, 0.2) is 0 Å². The first-order chi connectivity index (χ1) is 15.0. The number of benzene rings is 2. The first kappa shape index (κ1) is 20.2. The minimum absolute atomic E-state index is 0.0336. The fourth-order valence-electron chi connectivity index (χ4n) is 3.46. The number of ether oxygens (including phenoxy) is 1. The molecule has 1 aliphatic rings. The Labute approximate surface area is 179 Å². The molecular weight excluding hydrogens is 396 g/mol. The maximum absolute atomic E-state index is 12.9. The summed E-state index contributed by atoms with van der Waals surface area (Å²) in [6, 6.07) is 14.2. The van der Waals surface area contributed by atoms with Crippen molar-refractivity contribution in [3.8, 4) is 5.75 Å². The minimum Gasteiger partial charge on any atom is -0.494 e. The van der Waals surface area contributed by atoms with E-state index in [1.54, 1.807) is 22.9 Å². The predicted molar refractivity (Wildman–Crippen MR) is 116 cm³/mol. The Morgan fingerprint density at radius 2 is 1.94 bits per heavy atom. The van der Waals surface area contributed by atoms with Crippen LogP contribution in [-0.2, 0) is 4.79 Å². The molecule has 0 fully saturated rings. The van der Waals surface area contributed by atoms with Crippen LogP contribution in [-0.4, -0.2) is 33.4 Å². The van der Waals surface area contributed by atoms with E-state index in [0.29, 0.717) is 23.9 Å². The number of nitrogens with one attached hydrogen (secondary N) is 2. The van der Waals surface area contributed by atoms with Gasteiger partial charge in [0.1, 0.15) is 28.9 Å². The fourth-order valence-corrected chi connectivity index (χ4v) is 3.46. The van der Waals surface area contributed by atoms with Crippen molar-refractivity contribution in [1.29, 1.82) is 0 Å². The van der Waals surface area contributed by atoms with Crippen LogP contribution in [0.4, 0.5) is 11.5 Å². The lowest BCUT2D eigenvalue weighted by Crippen LogP contribution is -2.26. The first-order valence-electron chi connectivity index (χ1n) is 9.87. The van der Waals surface area contributed by atoms with Gasteiger partial charge in [-0.2, -0.15) is 5.10 Å². The number of allylic oxidation sites excluding steroid dienone is 1. The second kappa shape index (κ2) is 8.35. The molecule has 31 heavy (non-hydrogen) atoms. The lowest BCUT2D eigenvalue weighted by atomic mass is 10.0. The molecule has 0 bridgehead atoms. The monoisotopic (exact) mass is 418 g/mol. The van der Waals surface area contributed by atoms with Crippen LogP contribution in [0.25, 0.3) is 0 Å². The van der Waals surface area contributed by atoms with Crippen molar-refractivity contribution in [3.63, 3.8) is 0 Å². The number of hydrogen-bond acceptors (Lipinski definition) is 5. The summed E-state index contributed by atoms with van der Waals surface area (Å²) in [4.78, 5) is 24.7. The number of nitrogens with zero attached hydrogens (tertiary/aromatic N) is 2. The number of hydrogen-bond donors (Lipinski definition) is 3. The number of fused-ring (bicyclic) bond motifs is 1. The third-order valence-electron chi connectivity index (χ3n) is 4.96. The molecule has 0 radical (unpaired) electrons. The highest BCUT2D eigenvalue weighted by Crippen LogP contribution is 2.36. The van der Waals surface area contributed by atoms with Gasteiger partial charge in [0.05, 0.1) is 12.8 Å². The number of amides is 1. The minimum atomic E-state index is -1.13. The third-order valence-corrected chi connectivity index (χ3v) is 4.96. The van der Waals surface area contributed by atoms with Crippen LogP contribution in [0.2, 0.25) is 0 Å². The van der Waals surface area contributed by atoms with Gasteiger partial charge in [-0.3, -0.25) is 4.79 Å². The van der Waals surface area contributed by atoms with Gasteiger partial charge in [0, 0.05) is 11.3 Å². The van der Waals surface area contributed by atoms with Gasteiger partial charge >= 0.3 is 5.97 Å². The molecule has 8 nitrogen and oxygen atoms in total. The molecule has 4 rings (SSSR count). The van der Waals surface area contributed by atoms with E-state index in [1.807, 2.05) is 50.2 Å². The average molecular weight is 418 g/mol. The molecule has 0 unspecified atom stereocenters. The van der Waals surface area contributed by atoms with E-state index in [0.717, 1.165) is 11.1 Å². The maximum atomic E-state index is 12.9. The van der Waals surface area contributed by atoms with Gasteiger partial charge in [-0.05, 0) is 38.1 Å². The van der Waals surface area contributed by atoms with Crippen LogP contribution in [0, 0.1) is 6.92 Å². The van der Waals surface area contributed by atoms with E-state index in [1.165, 1.54) is 6.20 Å². The summed E-state index contributed by atoms with van der Waals surface area (Å²) in [5, 5.41) is 19.7. The lowest BCUT2D eigenvalue weighted by molar-refractivity contribution is -0.132. The molecule has 0 saturated carbocycles. The number of aromatic nitrogens is 2. The van der Waals surface area contributed by atoms with Crippen LogP contribution in [0.3, 0.4) is 0 Å². The molecule has 0 saturated heterocycles. The number of para-hydroxylation sites is 1. The largest absolute Gasteiger partial charge is 0.494 e. The number of anilines is 2. The molecule has 1 aliphatic heterocycles. The van der Waals surface area contributed by atoms with Crippen molar-refractivity contribution in [3.05, 3.63) is 83.2 Å². The lowest BCUT2D eigenvalue weighted by Gasteiger charge is -2.25. The van der Waals surface area contributed by atoms with Gasteiger partial charge in [0.25, 0.3) is 5.91 Å². The van der Waals surface area contributed by atoms with Gasteiger partial charge in [0.2, 0.25) is 0 Å². The number of rotatable bonds is 6.